The average molecular weight is 320 g/mol. The smallest absolute Gasteiger partial charge is 0.203 e. The van der Waals surface area contributed by atoms with Crippen LogP contribution in [0.5, 0.6) is 17.2 Å². The topological polar surface area (TPSA) is 44.3 Å². The highest BCUT2D eigenvalue weighted by Gasteiger charge is 2.16. The monoisotopic (exact) mass is 320 g/mol. The van der Waals surface area contributed by atoms with Gasteiger partial charge in [-0.15, -0.1) is 0 Å². The fraction of sp³-hybridized carbons (Fsp3) is 0.333. The van der Waals surface area contributed by atoms with Crippen molar-refractivity contribution < 1.29 is 23.9 Å². The molecule has 0 heterocycles. The number of rotatable bonds is 8. The fourth-order valence-corrected chi connectivity index (χ4v) is 2.50. The van der Waals surface area contributed by atoms with E-state index in [1.807, 2.05) is 24.3 Å². The molecule has 0 aliphatic carbocycles. The minimum absolute atomic E-state index is 0.201. The van der Waals surface area contributed by atoms with Crippen molar-refractivity contribution in [3.05, 3.63) is 53.3 Å². The maximum Gasteiger partial charge on any atom is 0.203 e. The van der Waals surface area contributed by atoms with Crippen LogP contribution in [0.15, 0.2) is 36.4 Å². The Morgan fingerprint density at radius 2 is 1.57 bits per heavy atom. The Balaban J connectivity index is 1.96. The van der Waals surface area contributed by atoms with Crippen LogP contribution in [0.4, 0.5) is 4.39 Å². The Morgan fingerprint density at radius 1 is 0.870 bits per heavy atom. The molecule has 0 radical (unpaired) electrons. The molecule has 0 amide bonds. The van der Waals surface area contributed by atoms with Crippen LogP contribution in [0.25, 0.3) is 0 Å². The highest BCUT2D eigenvalue weighted by Crippen LogP contribution is 2.39. The van der Waals surface area contributed by atoms with Crippen molar-refractivity contribution in [1.29, 1.82) is 0 Å². The Hall–Kier alpha value is -2.27. The summed E-state index contributed by atoms with van der Waals surface area (Å²) in [6, 6.07) is 10.5. The summed E-state index contributed by atoms with van der Waals surface area (Å²) in [6.07, 6.45) is 0.885. The lowest BCUT2D eigenvalue weighted by atomic mass is 10.1. The summed E-state index contributed by atoms with van der Waals surface area (Å²) >= 11 is 0. The normalized spacial score (nSPS) is 10.4. The first-order valence-electron chi connectivity index (χ1n) is 7.53. The van der Waals surface area contributed by atoms with E-state index in [1.165, 1.54) is 12.1 Å². The van der Waals surface area contributed by atoms with Gasteiger partial charge in [-0.2, -0.15) is 0 Å². The fourth-order valence-electron chi connectivity index (χ4n) is 2.50. The summed E-state index contributed by atoms with van der Waals surface area (Å²) in [6.45, 7) is 1.67. The molecule has 0 saturated heterocycles. The molecule has 0 bridgehead atoms. The third-order valence-electron chi connectivity index (χ3n) is 3.70. The van der Waals surface area contributed by atoms with Gasteiger partial charge in [0.05, 0.1) is 33.4 Å². The first kappa shape index (κ1) is 17.1. The van der Waals surface area contributed by atoms with Crippen LogP contribution in [0.2, 0.25) is 0 Å². The second-order valence-corrected chi connectivity index (χ2v) is 5.15. The van der Waals surface area contributed by atoms with Gasteiger partial charge < -0.3 is 19.5 Å². The third-order valence-corrected chi connectivity index (χ3v) is 3.70. The van der Waals surface area contributed by atoms with E-state index in [1.54, 1.807) is 21.3 Å². The number of benzene rings is 2. The zero-order chi connectivity index (χ0) is 16.7. The van der Waals surface area contributed by atoms with Crippen molar-refractivity contribution in [1.82, 2.24) is 0 Å². The van der Waals surface area contributed by atoms with Crippen LogP contribution in [-0.4, -0.2) is 27.9 Å². The first-order chi connectivity index (χ1) is 11.2. The quantitative estimate of drug-likeness (QED) is 0.758. The van der Waals surface area contributed by atoms with Gasteiger partial charge in [-0.1, -0.05) is 12.1 Å². The van der Waals surface area contributed by atoms with Gasteiger partial charge in [0.2, 0.25) is 5.75 Å². The zero-order valence-corrected chi connectivity index (χ0v) is 13.8. The molecule has 5 heteroatoms. The Bertz CT molecular complexity index is 629. The first-order valence-corrected chi connectivity index (χ1v) is 7.53. The van der Waals surface area contributed by atoms with Gasteiger partial charge in [0.1, 0.15) is 12.4 Å². The number of quaternary nitrogens is 1. The molecule has 2 N–H and O–H groups in total. The molecule has 0 atom stereocenters. The molecule has 0 aliphatic heterocycles. The van der Waals surface area contributed by atoms with Gasteiger partial charge in [-0.05, 0) is 29.8 Å². The number of nitrogens with two attached hydrogens (primary N) is 1. The Labute approximate surface area is 136 Å². The molecule has 0 fully saturated rings. The Kier molecular flexibility index (Phi) is 6.23. The molecule has 0 unspecified atom stereocenters. The molecule has 124 valence electrons. The van der Waals surface area contributed by atoms with E-state index in [4.69, 9.17) is 14.2 Å². The molecule has 2 aromatic rings. The number of ether oxygens (including phenoxy) is 3. The largest absolute Gasteiger partial charge is 0.493 e. The van der Waals surface area contributed by atoms with Gasteiger partial charge >= 0.3 is 0 Å². The predicted molar refractivity (Wildman–Crippen MR) is 86.7 cm³/mol. The van der Waals surface area contributed by atoms with Crippen LogP contribution in [-0.2, 0) is 13.0 Å². The SMILES string of the molecule is COc1ccc(C[NH2+]CCc2ccc(F)cc2)c(OC)c1OC. The number of hydrogen-bond donors (Lipinski definition) is 1. The molecule has 2 aromatic carbocycles. The van der Waals surface area contributed by atoms with Crippen LogP contribution < -0.4 is 19.5 Å². The van der Waals surface area contributed by atoms with Gasteiger partial charge in [-0.3, -0.25) is 0 Å². The summed E-state index contributed by atoms with van der Waals surface area (Å²) in [5, 5.41) is 2.19. The van der Waals surface area contributed by atoms with Crippen LogP contribution in [0, 0.1) is 5.82 Å². The molecule has 0 spiro atoms. The molecular formula is C18H23FNO3+. The van der Waals surface area contributed by atoms with Gasteiger partial charge in [0.25, 0.3) is 0 Å². The summed E-state index contributed by atoms with van der Waals surface area (Å²) in [7, 11) is 4.83. The summed E-state index contributed by atoms with van der Waals surface area (Å²) in [4.78, 5) is 0. The van der Waals surface area contributed by atoms with Crippen molar-refractivity contribution in [3.63, 3.8) is 0 Å². The van der Waals surface area contributed by atoms with Crippen molar-refractivity contribution in [2.75, 3.05) is 27.9 Å². The second kappa shape index (κ2) is 8.39. The predicted octanol–water partition coefficient (Wildman–Crippen LogP) is 2.16. The summed E-state index contributed by atoms with van der Waals surface area (Å²) in [5.41, 5.74) is 2.17. The van der Waals surface area contributed by atoms with E-state index in [2.05, 4.69) is 5.32 Å². The van der Waals surface area contributed by atoms with E-state index in [0.717, 1.165) is 30.6 Å². The highest BCUT2D eigenvalue weighted by atomic mass is 19.1. The maximum atomic E-state index is 12.9. The van der Waals surface area contributed by atoms with E-state index >= 15 is 0 Å². The average Bonchev–Trinajstić information content (AvgIpc) is 2.59. The van der Waals surface area contributed by atoms with E-state index in [-0.39, 0.29) is 5.82 Å². The lowest BCUT2D eigenvalue weighted by molar-refractivity contribution is -0.670. The van der Waals surface area contributed by atoms with Crippen LogP contribution in [0.1, 0.15) is 11.1 Å². The Morgan fingerprint density at radius 3 is 2.17 bits per heavy atom. The molecule has 0 aliphatic rings. The van der Waals surface area contributed by atoms with Crippen molar-refractivity contribution in [2.45, 2.75) is 13.0 Å². The maximum absolute atomic E-state index is 12.9. The van der Waals surface area contributed by atoms with Gasteiger partial charge in [0, 0.05) is 6.42 Å². The van der Waals surface area contributed by atoms with Crippen molar-refractivity contribution >= 4 is 0 Å². The van der Waals surface area contributed by atoms with E-state index in [9.17, 15) is 4.39 Å². The lowest BCUT2D eigenvalue weighted by Crippen LogP contribution is -2.83. The second-order valence-electron chi connectivity index (χ2n) is 5.15. The number of hydrogen-bond acceptors (Lipinski definition) is 3. The zero-order valence-electron chi connectivity index (χ0n) is 13.8. The van der Waals surface area contributed by atoms with Gasteiger partial charge in [-0.25, -0.2) is 4.39 Å². The van der Waals surface area contributed by atoms with Gasteiger partial charge in [0.15, 0.2) is 11.5 Å². The molecule has 23 heavy (non-hydrogen) atoms. The standard InChI is InChI=1S/C18H22FNO3/c1-21-16-9-6-14(17(22-2)18(16)23-3)12-20-11-10-13-4-7-15(19)8-5-13/h4-9,20H,10-12H2,1-3H3/p+1. The molecule has 0 aromatic heterocycles. The molecule has 4 nitrogen and oxygen atoms in total. The highest BCUT2D eigenvalue weighted by molar-refractivity contribution is 5.55. The van der Waals surface area contributed by atoms with E-state index in [0.29, 0.717) is 17.2 Å². The molecular weight excluding hydrogens is 297 g/mol. The molecule has 2 rings (SSSR count). The summed E-state index contributed by atoms with van der Waals surface area (Å²) < 4.78 is 29.0. The minimum atomic E-state index is -0.201. The van der Waals surface area contributed by atoms with Crippen molar-refractivity contribution in [2.24, 2.45) is 0 Å². The van der Waals surface area contributed by atoms with E-state index < -0.39 is 0 Å². The third kappa shape index (κ3) is 4.36. The van der Waals surface area contributed by atoms with Crippen LogP contribution >= 0.6 is 0 Å². The lowest BCUT2D eigenvalue weighted by Gasteiger charge is -2.15. The minimum Gasteiger partial charge on any atom is -0.493 e. The van der Waals surface area contributed by atoms with Crippen molar-refractivity contribution in [3.8, 4) is 17.2 Å². The van der Waals surface area contributed by atoms with Crippen LogP contribution in [0.3, 0.4) is 0 Å². The number of halogens is 1. The number of methoxy groups -OCH3 is 3. The summed E-state index contributed by atoms with van der Waals surface area (Å²) in [5.74, 6) is 1.76. The molecule has 0 saturated carbocycles.